The van der Waals surface area contributed by atoms with Crippen LogP contribution < -0.4 is 11.2 Å². The van der Waals surface area contributed by atoms with Crippen LogP contribution in [0.15, 0.2) is 39.9 Å². The van der Waals surface area contributed by atoms with E-state index in [1.54, 1.807) is 7.05 Å². The van der Waals surface area contributed by atoms with Gasteiger partial charge in [-0.3, -0.25) is 18.8 Å². The van der Waals surface area contributed by atoms with Crippen LogP contribution in [0.4, 0.5) is 0 Å². The Balaban J connectivity index is 1.54. The molecule has 0 bridgehead atoms. The van der Waals surface area contributed by atoms with E-state index < -0.39 is 0 Å². The summed E-state index contributed by atoms with van der Waals surface area (Å²) in [6.45, 7) is 5.60. The lowest BCUT2D eigenvalue weighted by Gasteiger charge is -2.31. The molecular weight excluding hydrogens is 378 g/mol. The van der Waals surface area contributed by atoms with Crippen molar-refractivity contribution in [2.45, 2.75) is 45.7 Å². The minimum Gasteiger partial charge on any atom is -0.321 e. The van der Waals surface area contributed by atoms with Crippen LogP contribution in [-0.4, -0.2) is 36.7 Å². The Kier molecular flexibility index (Phi) is 5.90. The van der Waals surface area contributed by atoms with E-state index in [1.165, 1.54) is 34.6 Å². The lowest BCUT2D eigenvalue weighted by molar-refractivity contribution is 0.172. The Morgan fingerprint density at radius 1 is 1.03 bits per heavy atom. The first-order valence-electron chi connectivity index (χ1n) is 10.9. The first-order valence-corrected chi connectivity index (χ1v) is 10.9. The van der Waals surface area contributed by atoms with Gasteiger partial charge in [0.1, 0.15) is 5.82 Å². The molecule has 0 saturated carbocycles. The second-order valence-corrected chi connectivity index (χ2v) is 8.47. The number of likely N-dealkylation sites (tertiary alicyclic amines) is 1. The van der Waals surface area contributed by atoms with Gasteiger partial charge in [-0.2, -0.15) is 0 Å². The molecule has 0 atom stereocenters. The van der Waals surface area contributed by atoms with Crippen molar-refractivity contribution in [2.75, 3.05) is 13.1 Å². The molecule has 30 heavy (non-hydrogen) atoms. The molecular formula is C23H31N5O2. The predicted molar refractivity (Wildman–Crippen MR) is 119 cm³/mol. The Labute approximate surface area is 176 Å². The molecule has 0 amide bonds. The number of rotatable bonds is 6. The summed E-state index contributed by atoms with van der Waals surface area (Å²) in [7, 11) is 3.22. The number of imidazole rings is 1. The third-order valence-electron chi connectivity index (χ3n) is 6.31. The molecule has 1 saturated heterocycles. The van der Waals surface area contributed by atoms with Gasteiger partial charge in [0.05, 0.1) is 6.54 Å². The second-order valence-electron chi connectivity index (χ2n) is 8.47. The standard InChI is InChI=1S/C23H31N5O2/c1-4-12-28-19(24-21-20(28)22(29)26(3)23(30)25(21)2)16-27-13-10-18(11-14-27)15-17-8-6-5-7-9-17/h5-9,18H,4,10-16H2,1-3H3. The Hall–Kier alpha value is -2.67. The van der Waals surface area contributed by atoms with Crippen molar-refractivity contribution in [1.82, 2.24) is 23.6 Å². The van der Waals surface area contributed by atoms with Crippen LogP contribution in [-0.2, 0) is 33.6 Å². The Bertz CT molecular complexity index is 1130. The van der Waals surface area contributed by atoms with E-state index in [0.717, 1.165) is 38.3 Å². The maximum absolute atomic E-state index is 12.8. The smallest absolute Gasteiger partial charge is 0.321 e. The highest BCUT2D eigenvalue weighted by Gasteiger charge is 2.23. The largest absolute Gasteiger partial charge is 0.332 e. The molecule has 2 aromatic heterocycles. The predicted octanol–water partition coefficient (Wildman–Crippen LogP) is 2.30. The monoisotopic (exact) mass is 409 g/mol. The molecule has 160 valence electrons. The zero-order valence-corrected chi connectivity index (χ0v) is 18.2. The molecule has 0 N–H and O–H groups in total. The van der Waals surface area contributed by atoms with Crippen LogP contribution in [0.5, 0.6) is 0 Å². The van der Waals surface area contributed by atoms with Crippen molar-refractivity contribution in [3.05, 3.63) is 62.6 Å². The third kappa shape index (κ3) is 3.86. The van der Waals surface area contributed by atoms with Crippen LogP contribution >= 0.6 is 0 Å². The fourth-order valence-electron chi connectivity index (χ4n) is 4.57. The number of hydrogen-bond acceptors (Lipinski definition) is 4. The normalized spacial score (nSPS) is 15.8. The molecule has 4 rings (SSSR count). The van der Waals surface area contributed by atoms with Gasteiger partial charge in [-0.1, -0.05) is 37.3 Å². The van der Waals surface area contributed by atoms with Crippen LogP contribution in [0.3, 0.4) is 0 Å². The van der Waals surface area contributed by atoms with Crippen molar-refractivity contribution in [2.24, 2.45) is 20.0 Å². The molecule has 1 aliphatic rings. The molecule has 1 fully saturated rings. The van der Waals surface area contributed by atoms with Crippen molar-refractivity contribution in [3.8, 4) is 0 Å². The van der Waals surface area contributed by atoms with E-state index in [2.05, 4.69) is 42.2 Å². The number of aryl methyl sites for hydroxylation is 2. The van der Waals surface area contributed by atoms with Gasteiger partial charge in [-0.05, 0) is 50.3 Å². The van der Waals surface area contributed by atoms with Crippen molar-refractivity contribution in [1.29, 1.82) is 0 Å². The number of fused-ring (bicyclic) bond motifs is 1. The van der Waals surface area contributed by atoms with Gasteiger partial charge in [-0.25, -0.2) is 9.78 Å². The van der Waals surface area contributed by atoms with Crippen LogP contribution in [0.1, 0.15) is 37.6 Å². The van der Waals surface area contributed by atoms with Gasteiger partial charge in [0.25, 0.3) is 5.56 Å². The van der Waals surface area contributed by atoms with E-state index in [0.29, 0.717) is 23.6 Å². The van der Waals surface area contributed by atoms with Gasteiger partial charge in [-0.15, -0.1) is 0 Å². The highest BCUT2D eigenvalue weighted by molar-refractivity contribution is 5.71. The minimum absolute atomic E-state index is 0.262. The molecule has 3 aromatic rings. The van der Waals surface area contributed by atoms with Crippen molar-refractivity contribution >= 4 is 11.2 Å². The van der Waals surface area contributed by atoms with E-state index in [9.17, 15) is 9.59 Å². The summed E-state index contributed by atoms with van der Waals surface area (Å²) in [5.74, 6) is 1.60. The molecule has 7 nitrogen and oxygen atoms in total. The summed E-state index contributed by atoms with van der Waals surface area (Å²) in [5, 5.41) is 0. The van der Waals surface area contributed by atoms with Crippen molar-refractivity contribution < 1.29 is 0 Å². The average molecular weight is 410 g/mol. The van der Waals surface area contributed by atoms with E-state index in [-0.39, 0.29) is 11.2 Å². The van der Waals surface area contributed by atoms with Gasteiger partial charge in [0, 0.05) is 20.6 Å². The molecule has 7 heteroatoms. The van der Waals surface area contributed by atoms with Gasteiger partial charge >= 0.3 is 5.69 Å². The topological polar surface area (TPSA) is 65.1 Å². The second kappa shape index (κ2) is 8.60. The Morgan fingerprint density at radius 3 is 2.40 bits per heavy atom. The molecule has 1 aromatic carbocycles. The minimum atomic E-state index is -0.332. The number of aromatic nitrogens is 4. The molecule has 0 spiro atoms. The lowest BCUT2D eigenvalue weighted by atomic mass is 9.90. The molecule has 1 aliphatic heterocycles. The fraction of sp³-hybridized carbons (Fsp3) is 0.522. The summed E-state index contributed by atoms with van der Waals surface area (Å²) in [5.41, 5.74) is 1.85. The van der Waals surface area contributed by atoms with Crippen molar-refractivity contribution in [3.63, 3.8) is 0 Å². The SMILES string of the molecule is CCCn1c(CN2CCC(Cc3ccccc3)CC2)nc2c1c(=O)n(C)c(=O)n2C. The summed E-state index contributed by atoms with van der Waals surface area (Å²) in [6.07, 6.45) is 4.39. The molecule has 0 radical (unpaired) electrons. The first kappa shape index (κ1) is 20.6. The lowest BCUT2D eigenvalue weighted by Crippen LogP contribution is -2.37. The van der Waals surface area contributed by atoms with Crippen LogP contribution in [0.2, 0.25) is 0 Å². The molecule has 3 heterocycles. The average Bonchev–Trinajstić information content (AvgIpc) is 3.11. The fourth-order valence-corrected chi connectivity index (χ4v) is 4.57. The third-order valence-corrected chi connectivity index (χ3v) is 6.31. The van der Waals surface area contributed by atoms with Gasteiger partial charge < -0.3 is 4.57 Å². The quantitative estimate of drug-likeness (QED) is 0.627. The summed E-state index contributed by atoms with van der Waals surface area (Å²) >= 11 is 0. The highest BCUT2D eigenvalue weighted by atomic mass is 16.2. The zero-order chi connectivity index (χ0) is 21.3. The number of hydrogen-bond donors (Lipinski definition) is 0. The maximum atomic E-state index is 12.8. The summed E-state index contributed by atoms with van der Waals surface area (Å²) in [4.78, 5) is 32.3. The highest BCUT2D eigenvalue weighted by Crippen LogP contribution is 2.23. The molecule has 0 aliphatic carbocycles. The Morgan fingerprint density at radius 2 is 1.73 bits per heavy atom. The van der Waals surface area contributed by atoms with Gasteiger partial charge in [0.15, 0.2) is 11.2 Å². The van der Waals surface area contributed by atoms with E-state index in [4.69, 9.17) is 4.98 Å². The maximum Gasteiger partial charge on any atom is 0.332 e. The van der Waals surface area contributed by atoms with Crippen LogP contribution in [0.25, 0.3) is 11.2 Å². The first-order chi connectivity index (χ1) is 14.5. The summed E-state index contributed by atoms with van der Waals surface area (Å²) < 4.78 is 4.68. The zero-order valence-electron chi connectivity index (χ0n) is 18.2. The van der Waals surface area contributed by atoms with E-state index in [1.807, 2.05) is 4.57 Å². The number of piperidine rings is 1. The molecule has 0 unspecified atom stereocenters. The van der Waals surface area contributed by atoms with Crippen LogP contribution in [0, 0.1) is 5.92 Å². The number of benzene rings is 1. The van der Waals surface area contributed by atoms with Gasteiger partial charge in [0.2, 0.25) is 0 Å². The summed E-state index contributed by atoms with van der Waals surface area (Å²) in [6, 6.07) is 10.7. The van der Waals surface area contributed by atoms with E-state index >= 15 is 0 Å². The number of nitrogens with zero attached hydrogens (tertiary/aromatic N) is 5.